The molecule has 0 spiro atoms. The van der Waals surface area contributed by atoms with E-state index in [-0.39, 0.29) is 38.2 Å². The molecular weight excluding hydrogens is 288 g/mol. The van der Waals surface area contributed by atoms with Crippen LogP contribution in [0.2, 0.25) is 0 Å². The van der Waals surface area contributed by atoms with Crippen LogP contribution in [-0.4, -0.2) is 56.2 Å². The molecule has 1 aromatic heterocycles. The summed E-state index contributed by atoms with van der Waals surface area (Å²) in [6.45, 7) is 4.53. The molecule has 0 aliphatic rings. The number of aliphatic hydroxyl groups is 3. The molecule has 0 radical (unpaired) electrons. The first-order chi connectivity index (χ1) is 10.5. The third-order valence-corrected chi connectivity index (χ3v) is 3.85. The molecule has 22 heavy (non-hydrogen) atoms. The van der Waals surface area contributed by atoms with Gasteiger partial charge in [0.05, 0.1) is 31.6 Å². The number of hydrogen-bond acceptors (Lipinski definition) is 6. The van der Waals surface area contributed by atoms with E-state index in [1.165, 1.54) is 6.07 Å². The van der Waals surface area contributed by atoms with Crippen LogP contribution >= 0.6 is 0 Å². The molecule has 0 aromatic carbocycles. The zero-order valence-corrected chi connectivity index (χ0v) is 13.2. The Morgan fingerprint density at radius 1 is 1.27 bits per heavy atom. The Morgan fingerprint density at radius 3 is 2.41 bits per heavy atom. The number of aromatic nitrogens is 1. The number of aliphatic hydroxyl groups excluding tert-OH is 3. The van der Waals surface area contributed by atoms with E-state index >= 15 is 0 Å². The van der Waals surface area contributed by atoms with Gasteiger partial charge in [0.15, 0.2) is 5.75 Å². The molecule has 7 nitrogen and oxygen atoms in total. The molecule has 1 rings (SSSR count). The molecule has 126 valence electrons. The highest BCUT2D eigenvalue weighted by Gasteiger charge is 2.21. The van der Waals surface area contributed by atoms with Crippen molar-refractivity contribution in [2.45, 2.75) is 39.5 Å². The van der Waals surface area contributed by atoms with E-state index < -0.39 is 5.43 Å². The minimum Gasteiger partial charge on any atom is -0.503 e. The van der Waals surface area contributed by atoms with Gasteiger partial charge in [-0.1, -0.05) is 13.8 Å². The molecule has 7 heteroatoms. The summed E-state index contributed by atoms with van der Waals surface area (Å²) in [6, 6.07) is 0.857. The summed E-state index contributed by atoms with van der Waals surface area (Å²) >= 11 is 0. The lowest BCUT2D eigenvalue weighted by Gasteiger charge is -2.28. The Kier molecular flexibility index (Phi) is 7.53. The zero-order chi connectivity index (χ0) is 16.7. The lowest BCUT2D eigenvalue weighted by Crippen LogP contribution is -2.31. The van der Waals surface area contributed by atoms with E-state index in [0.717, 1.165) is 0 Å². The summed E-state index contributed by atoms with van der Waals surface area (Å²) in [5, 5.41) is 38.3. The van der Waals surface area contributed by atoms with Crippen molar-refractivity contribution in [2.24, 2.45) is 0 Å². The van der Waals surface area contributed by atoms with Gasteiger partial charge < -0.3 is 25.0 Å². The van der Waals surface area contributed by atoms with Crippen LogP contribution in [0.5, 0.6) is 5.75 Å². The van der Waals surface area contributed by atoms with E-state index in [0.29, 0.717) is 30.9 Å². The van der Waals surface area contributed by atoms with Crippen LogP contribution in [0.3, 0.4) is 0 Å². The van der Waals surface area contributed by atoms with Crippen LogP contribution in [0.1, 0.15) is 37.7 Å². The monoisotopic (exact) mass is 314 g/mol. The number of hydrogen-bond donors (Lipinski definition) is 4. The fraction of sp³-hybridized carbons (Fsp3) is 0.667. The standard InChI is InChI=1S/C15H26N2O5/c1-3-11(9-19)17-12(10-20)7-14(21)15(22)13(17)8-16(4-2)5-6-18/h7,11,18-20,22H,3-6,8-10H2,1-2H3. The van der Waals surface area contributed by atoms with Crippen LogP contribution in [-0.2, 0) is 13.2 Å². The van der Waals surface area contributed by atoms with E-state index in [2.05, 4.69) is 0 Å². The minimum absolute atomic E-state index is 0.0320. The molecular formula is C15H26N2O5. The van der Waals surface area contributed by atoms with Crippen LogP contribution in [0.4, 0.5) is 0 Å². The van der Waals surface area contributed by atoms with Gasteiger partial charge in [-0.05, 0) is 13.0 Å². The number of rotatable bonds is 9. The number of pyridine rings is 1. The summed E-state index contributed by atoms with van der Waals surface area (Å²) in [4.78, 5) is 13.8. The molecule has 0 amide bonds. The second kappa shape index (κ2) is 8.89. The van der Waals surface area contributed by atoms with Crippen LogP contribution in [0.15, 0.2) is 10.9 Å². The quantitative estimate of drug-likeness (QED) is 0.503. The van der Waals surface area contributed by atoms with Crippen LogP contribution < -0.4 is 5.43 Å². The third-order valence-electron chi connectivity index (χ3n) is 3.85. The summed E-state index contributed by atoms with van der Waals surface area (Å²) < 4.78 is 1.64. The zero-order valence-electron chi connectivity index (χ0n) is 13.2. The van der Waals surface area contributed by atoms with Crippen molar-refractivity contribution in [3.8, 4) is 5.75 Å². The molecule has 4 N–H and O–H groups in total. The van der Waals surface area contributed by atoms with Crippen molar-refractivity contribution < 1.29 is 20.4 Å². The average molecular weight is 314 g/mol. The Balaban J connectivity index is 3.43. The second-order valence-electron chi connectivity index (χ2n) is 5.16. The highest BCUT2D eigenvalue weighted by molar-refractivity contribution is 5.30. The fourth-order valence-electron chi connectivity index (χ4n) is 2.54. The maximum Gasteiger partial charge on any atom is 0.223 e. The molecule has 0 aliphatic heterocycles. The molecule has 0 fully saturated rings. The van der Waals surface area contributed by atoms with E-state index in [4.69, 9.17) is 5.11 Å². The van der Waals surface area contributed by atoms with Crippen LogP contribution in [0.25, 0.3) is 0 Å². The lowest BCUT2D eigenvalue weighted by molar-refractivity contribution is 0.177. The molecule has 1 atom stereocenters. The van der Waals surface area contributed by atoms with Crippen molar-refractivity contribution in [3.05, 3.63) is 27.7 Å². The topological polar surface area (TPSA) is 106 Å². The first kappa shape index (κ1) is 18.6. The van der Waals surface area contributed by atoms with Gasteiger partial charge in [0.2, 0.25) is 5.43 Å². The molecule has 1 unspecified atom stereocenters. The van der Waals surface area contributed by atoms with Crippen LogP contribution in [0, 0.1) is 0 Å². The van der Waals surface area contributed by atoms with E-state index in [1.807, 2.05) is 18.7 Å². The Bertz CT molecular complexity index is 525. The molecule has 1 heterocycles. The average Bonchev–Trinajstić information content (AvgIpc) is 2.53. The van der Waals surface area contributed by atoms with Gasteiger partial charge in [-0.2, -0.15) is 0 Å². The van der Waals surface area contributed by atoms with Crippen molar-refractivity contribution >= 4 is 0 Å². The first-order valence-electron chi connectivity index (χ1n) is 7.55. The highest BCUT2D eigenvalue weighted by atomic mass is 16.3. The molecule has 1 aromatic rings. The number of nitrogens with zero attached hydrogens (tertiary/aromatic N) is 2. The van der Waals surface area contributed by atoms with E-state index in [1.54, 1.807) is 4.57 Å². The second-order valence-corrected chi connectivity index (χ2v) is 5.16. The Hall–Kier alpha value is -1.41. The largest absolute Gasteiger partial charge is 0.503 e. The first-order valence-corrected chi connectivity index (χ1v) is 7.55. The lowest BCUT2D eigenvalue weighted by atomic mass is 10.1. The van der Waals surface area contributed by atoms with E-state index in [9.17, 15) is 20.1 Å². The summed E-state index contributed by atoms with van der Waals surface area (Å²) in [5.74, 6) is -0.375. The van der Waals surface area contributed by atoms with Gasteiger partial charge in [-0.3, -0.25) is 9.69 Å². The Morgan fingerprint density at radius 2 is 1.95 bits per heavy atom. The fourth-order valence-corrected chi connectivity index (χ4v) is 2.54. The van der Waals surface area contributed by atoms with Gasteiger partial charge in [0, 0.05) is 24.8 Å². The normalized spacial score (nSPS) is 12.8. The number of aromatic hydroxyl groups is 1. The molecule has 0 saturated heterocycles. The van der Waals surface area contributed by atoms with Gasteiger partial charge in [0.25, 0.3) is 0 Å². The van der Waals surface area contributed by atoms with Gasteiger partial charge in [0.1, 0.15) is 0 Å². The summed E-state index contributed by atoms with van der Waals surface area (Å²) in [7, 11) is 0. The third kappa shape index (κ3) is 4.07. The number of likely N-dealkylation sites (N-methyl/N-ethyl adjacent to an activating group) is 1. The predicted molar refractivity (Wildman–Crippen MR) is 82.7 cm³/mol. The van der Waals surface area contributed by atoms with Gasteiger partial charge >= 0.3 is 0 Å². The molecule has 0 bridgehead atoms. The van der Waals surface area contributed by atoms with Crippen molar-refractivity contribution in [1.82, 2.24) is 9.47 Å². The maximum atomic E-state index is 11.9. The summed E-state index contributed by atoms with van der Waals surface area (Å²) in [5.41, 5.74) is 0.162. The van der Waals surface area contributed by atoms with Gasteiger partial charge in [-0.15, -0.1) is 0 Å². The Labute approximate surface area is 130 Å². The predicted octanol–water partition coefficient (Wildman–Crippen LogP) is -0.196. The van der Waals surface area contributed by atoms with Crippen molar-refractivity contribution in [3.63, 3.8) is 0 Å². The maximum absolute atomic E-state index is 11.9. The highest BCUT2D eigenvalue weighted by Crippen LogP contribution is 2.23. The minimum atomic E-state index is -0.553. The van der Waals surface area contributed by atoms with Crippen molar-refractivity contribution in [1.29, 1.82) is 0 Å². The van der Waals surface area contributed by atoms with Gasteiger partial charge in [-0.25, -0.2) is 0 Å². The molecule has 0 aliphatic carbocycles. The van der Waals surface area contributed by atoms with Crippen molar-refractivity contribution in [2.75, 3.05) is 26.3 Å². The molecule has 0 saturated carbocycles. The SMILES string of the molecule is CCC(CO)n1c(CO)cc(=O)c(O)c1CN(CC)CCO. The summed E-state index contributed by atoms with van der Waals surface area (Å²) in [6.07, 6.45) is 0.588. The smallest absolute Gasteiger partial charge is 0.223 e.